The molecule has 3 heterocycles. The van der Waals surface area contributed by atoms with Crippen LogP contribution in [0.1, 0.15) is 30.4 Å². The van der Waals surface area contributed by atoms with Crippen molar-refractivity contribution in [3.63, 3.8) is 0 Å². The minimum atomic E-state index is -4.61. The van der Waals surface area contributed by atoms with E-state index in [9.17, 15) is 18.0 Å². The van der Waals surface area contributed by atoms with Crippen LogP contribution in [0.3, 0.4) is 0 Å². The fraction of sp³-hybridized carbons (Fsp3) is 0.318. The Balaban J connectivity index is 1.38. The van der Waals surface area contributed by atoms with Gasteiger partial charge in [-0.2, -0.15) is 18.2 Å². The van der Waals surface area contributed by atoms with E-state index in [1.807, 2.05) is 0 Å². The van der Waals surface area contributed by atoms with Crippen LogP contribution in [0.15, 0.2) is 48.0 Å². The van der Waals surface area contributed by atoms with E-state index >= 15 is 0 Å². The van der Waals surface area contributed by atoms with Crippen LogP contribution in [-0.2, 0) is 17.4 Å². The van der Waals surface area contributed by atoms with Gasteiger partial charge in [0.2, 0.25) is 11.9 Å². The summed E-state index contributed by atoms with van der Waals surface area (Å²) in [5.41, 5.74) is 1.18. The summed E-state index contributed by atoms with van der Waals surface area (Å²) in [5, 5.41) is 9.31. The van der Waals surface area contributed by atoms with Crippen LogP contribution in [0.5, 0.6) is 0 Å². The van der Waals surface area contributed by atoms with Crippen LogP contribution in [0.2, 0.25) is 0 Å². The SMILES string of the molecule is O=C1Cc2cc(Nc3ncc(C(F)(F)F)c(N[C@@H]4CCC[C@H]4Sc4ncccn4)n3)ccc2N1. The Labute approximate surface area is 197 Å². The van der Waals surface area contributed by atoms with Crippen LogP contribution in [0, 0.1) is 0 Å². The Kier molecular flexibility index (Phi) is 5.98. The highest BCUT2D eigenvalue weighted by atomic mass is 32.2. The number of halogens is 3. The molecular weight excluding hydrogens is 467 g/mol. The second kappa shape index (κ2) is 9.09. The van der Waals surface area contributed by atoms with Gasteiger partial charge >= 0.3 is 6.18 Å². The molecule has 0 bridgehead atoms. The number of hydrogen-bond acceptors (Lipinski definition) is 8. The summed E-state index contributed by atoms with van der Waals surface area (Å²) in [6.45, 7) is 0. The van der Waals surface area contributed by atoms with Gasteiger partial charge in [0.25, 0.3) is 0 Å². The molecule has 8 nitrogen and oxygen atoms in total. The molecule has 5 rings (SSSR count). The third kappa shape index (κ3) is 4.91. The van der Waals surface area contributed by atoms with Crippen LogP contribution in [0.25, 0.3) is 0 Å². The first kappa shape index (κ1) is 22.4. The second-order valence-corrected chi connectivity index (χ2v) is 9.25. The molecule has 2 aliphatic rings. The number of carbonyl (C=O) groups is 1. The first-order chi connectivity index (χ1) is 16.3. The summed E-state index contributed by atoms with van der Waals surface area (Å²) >= 11 is 1.45. The molecule has 0 radical (unpaired) electrons. The fourth-order valence-electron chi connectivity index (χ4n) is 4.09. The number of hydrogen-bond donors (Lipinski definition) is 3. The predicted octanol–water partition coefficient (Wildman–Crippen LogP) is 4.65. The standard InChI is InChI=1S/C22H20F3N7OS/c23-22(24,25)14-11-28-20(29-13-5-6-15-12(9-13)10-18(33)30-15)32-19(14)31-16-3-1-4-17(16)34-21-26-7-2-8-27-21/h2,5-9,11,16-17H,1,3-4,10H2,(H,30,33)(H2,28,29,31,32)/t16-,17-/m1/s1. The molecule has 0 spiro atoms. The van der Waals surface area contributed by atoms with Gasteiger partial charge < -0.3 is 16.0 Å². The zero-order valence-electron chi connectivity index (χ0n) is 17.8. The number of thioether (sulfide) groups is 1. The molecule has 3 aromatic rings. The van der Waals surface area contributed by atoms with Crippen molar-refractivity contribution in [2.45, 2.75) is 48.3 Å². The molecule has 1 saturated carbocycles. The van der Waals surface area contributed by atoms with Crippen molar-refractivity contribution in [3.8, 4) is 0 Å². The topological polar surface area (TPSA) is 105 Å². The highest BCUT2D eigenvalue weighted by Crippen LogP contribution is 2.39. The highest BCUT2D eigenvalue weighted by Gasteiger charge is 2.37. The summed E-state index contributed by atoms with van der Waals surface area (Å²) in [6, 6.07) is 6.69. The molecule has 3 N–H and O–H groups in total. The Bertz CT molecular complexity index is 1210. The number of amides is 1. The van der Waals surface area contributed by atoms with Gasteiger partial charge in [-0.15, -0.1) is 0 Å². The van der Waals surface area contributed by atoms with Gasteiger partial charge in [-0.05, 0) is 42.7 Å². The molecule has 2 atom stereocenters. The Morgan fingerprint density at radius 2 is 1.94 bits per heavy atom. The first-order valence-corrected chi connectivity index (χ1v) is 11.6. The van der Waals surface area contributed by atoms with Crippen LogP contribution in [-0.4, -0.2) is 37.1 Å². The van der Waals surface area contributed by atoms with E-state index < -0.39 is 11.7 Å². The number of nitrogens with one attached hydrogen (secondary N) is 3. The summed E-state index contributed by atoms with van der Waals surface area (Å²) in [5.74, 6) is -0.342. The van der Waals surface area contributed by atoms with E-state index in [0.29, 0.717) is 17.3 Å². The zero-order valence-corrected chi connectivity index (χ0v) is 18.6. The van der Waals surface area contributed by atoms with Gasteiger partial charge in [0, 0.05) is 41.3 Å². The predicted molar refractivity (Wildman–Crippen MR) is 122 cm³/mol. The Morgan fingerprint density at radius 1 is 1.12 bits per heavy atom. The van der Waals surface area contributed by atoms with Crippen LogP contribution < -0.4 is 16.0 Å². The van der Waals surface area contributed by atoms with E-state index in [0.717, 1.165) is 30.3 Å². The van der Waals surface area contributed by atoms with Gasteiger partial charge in [0.05, 0.1) is 6.42 Å². The van der Waals surface area contributed by atoms with Crippen molar-refractivity contribution in [1.29, 1.82) is 0 Å². The largest absolute Gasteiger partial charge is 0.421 e. The zero-order chi connectivity index (χ0) is 23.7. The number of aromatic nitrogens is 4. The van der Waals surface area contributed by atoms with Crippen molar-refractivity contribution in [2.75, 3.05) is 16.0 Å². The normalized spacial score (nSPS) is 19.6. The number of rotatable bonds is 6. The van der Waals surface area contributed by atoms with E-state index in [-0.39, 0.29) is 35.4 Å². The summed E-state index contributed by atoms with van der Waals surface area (Å²) in [6.07, 6.45) is 2.13. The quantitative estimate of drug-likeness (QED) is 0.432. The number of nitrogens with zero attached hydrogens (tertiary/aromatic N) is 4. The average molecular weight is 488 g/mol. The van der Waals surface area contributed by atoms with Crippen molar-refractivity contribution >= 4 is 40.8 Å². The molecule has 1 aromatic carbocycles. The molecule has 176 valence electrons. The second-order valence-electron chi connectivity index (χ2n) is 8.04. The number of carbonyl (C=O) groups excluding carboxylic acids is 1. The van der Waals surface area contributed by atoms with Crippen molar-refractivity contribution in [2.24, 2.45) is 0 Å². The smallest absolute Gasteiger partial charge is 0.366 e. The maximum atomic E-state index is 13.7. The molecule has 0 unspecified atom stereocenters. The number of benzene rings is 1. The summed E-state index contributed by atoms with van der Waals surface area (Å²) in [4.78, 5) is 28.1. The Morgan fingerprint density at radius 3 is 2.74 bits per heavy atom. The molecule has 1 aliphatic heterocycles. The lowest BCUT2D eigenvalue weighted by Gasteiger charge is -2.23. The van der Waals surface area contributed by atoms with Gasteiger partial charge in [-0.1, -0.05) is 18.2 Å². The number of alkyl halides is 3. The minimum Gasteiger partial charge on any atom is -0.366 e. The summed E-state index contributed by atoms with van der Waals surface area (Å²) in [7, 11) is 0. The average Bonchev–Trinajstić information content (AvgIpc) is 3.38. The van der Waals surface area contributed by atoms with E-state index in [1.165, 1.54) is 11.8 Å². The molecule has 1 fully saturated rings. The molecular formula is C22H20F3N7OS. The summed E-state index contributed by atoms with van der Waals surface area (Å²) < 4.78 is 41.1. The molecule has 0 saturated heterocycles. The van der Waals surface area contributed by atoms with Crippen molar-refractivity contribution < 1.29 is 18.0 Å². The van der Waals surface area contributed by atoms with Gasteiger partial charge in [-0.25, -0.2) is 15.0 Å². The van der Waals surface area contributed by atoms with E-state index in [2.05, 4.69) is 35.9 Å². The monoisotopic (exact) mass is 487 g/mol. The van der Waals surface area contributed by atoms with Gasteiger partial charge in [-0.3, -0.25) is 4.79 Å². The maximum Gasteiger partial charge on any atom is 0.421 e. The van der Waals surface area contributed by atoms with Crippen molar-refractivity contribution in [1.82, 2.24) is 19.9 Å². The molecule has 2 aromatic heterocycles. The van der Waals surface area contributed by atoms with Crippen LogP contribution in [0.4, 0.5) is 36.3 Å². The van der Waals surface area contributed by atoms with E-state index in [4.69, 9.17) is 0 Å². The lowest BCUT2D eigenvalue weighted by atomic mass is 10.1. The lowest BCUT2D eigenvalue weighted by Crippen LogP contribution is -2.28. The molecule has 1 aliphatic carbocycles. The first-order valence-electron chi connectivity index (χ1n) is 10.7. The van der Waals surface area contributed by atoms with Crippen molar-refractivity contribution in [3.05, 3.63) is 54.0 Å². The molecule has 12 heteroatoms. The van der Waals surface area contributed by atoms with Gasteiger partial charge in [0.1, 0.15) is 11.4 Å². The molecule has 34 heavy (non-hydrogen) atoms. The lowest BCUT2D eigenvalue weighted by molar-refractivity contribution is -0.137. The molecule has 1 amide bonds. The fourth-order valence-corrected chi connectivity index (χ4v) is 5.25. The Hall–Kier alpha value is -3.41. The van der Waals surface area contributed by atoms with E-state index in [1.54, 1.807) is 36.7 Å². The minimum absolute atomic E-state index is 0.0107. The van der Waals surface area contributed by atoms with Gasteiger partial charge in [0.15, 0.2) is 5.16 Å². The number of fused-ring (bicyclic) bond motifs is 1. The van der Waals surface area contributed by atoms with Crippen LogP contribution >= 0.6 is 11.8 Å². The third-order valence-corrected chi connectivity index (χ3v) is 6.94. The highest BCUT2D eigenvalue weighted by molar-refractivity contribution is 7.99. The third-order valence-electron chi connectivity index (χ3n) is 5.65. The maximum absolute atomic E-state index is 13.7. The number of anilines is 4.